The minimum absolute atomic E-state index is 0.186. The molecule has 1 saturated heterocycles. The monoisotopic (exact) mass is 399 g/mol. The van der Waals surface area contributed by atoms with Crippen LogP contribution in [0.15, 0.2) is 40.1 Å². The van der Waals surface area contributed by atoms with Crippen LogP contribution in [-0.2, 0) is 14.4 Å². The zero-order chi connectivity index (χ0) is 20.7. The van der Waals surface area contributed by atoms with Gasteiger partial charge in [-0.05, 0) is 19.1 Å². The summed E-state index contributed by atoms with van der Waals surface area (Å²) in [6.45, 7) is 1.31. The Hall–Kier alpha value is -3.37. The van der Waals surface area contributed by atoms with Gasteiger partial charge in [0.05, 0.1) is 17.2 Å². The van der Waals surface area contributed by atoms with E-state index in [0.717, 1.165) is 0 Å². The number of nitrogens with zero attached hydrogens (tertiary/aromatic N) is 2. The van der Waals surface area contributed by atoms with Gasteiger partial charge in [-0.2, -0.15) is 0 Å². The average molecular weight is 399 g/mol. The predicted molar refractivity (Wildman–Crippen MR) is 97.0 cm³/mol. The van der Waals surface area contributed by atoms with E-state index < -0.39 is 41.3 Å². The predicted octanol–water partition coefficient (Wildman–Crippen LogP) is 0.175. The largest absolute Gasteiger partial charge is 0.351 e. The lowest BCUT2D eigenvalue weighted by Gasteiger charge is -2.19. The van der Waals surface area contributed by atoms with Gasteiger partial charge in [-0.15, -0.1) is 5.06 Å². The fraction of sp³-hybridized carbons (Fsp3) is 0.316. The van der Waals surface area contributed by atoms with Gasteiger partial charge in [-0.25, -0.2) is 4.79 Å². The molecule has 29 heavy (non-hydrogen) atoms. The van der Waals surface area contributed by atoms with Crippen LogP contribution < -0.4 is 11.2 Å². The van der Waals surface area contributed by atoms with E-state index in [2.05, 4.69) is 4.98 Å². The first kappa shape index (κ1) is 19.0. The van der Waals surface area contributed by atoms with Crippen molar-refractivity contribution in [3.05, 3.63) is 68.0 Å². The van der Waals surface area contributed by atoms with Gasteiger partial charge < -0.3 is 9.53 Å². The summed E-state index contributed by atoms with van der Waals surface area (Å²) in [5.74, 6) is -1.79. The third kappa shape index (κ3) is 3.22. The zero-order valence-electron chi connectivity index (χ0n) is 15.4. The number of rotatable bonds is 5. The lowest BCUT2D eigenvalue weighted by molar-refractivity contribution is -0.138. The number of hydrogen-bond donors (Lipinski definition) is 1. The molecule has 0 saturated carbocycles. The molecule has 1 N–H and O–H groups in total. The molecule has 150 valence electrons. The van der Waals surface area contributed by atoms with Crippen molar-refractivity contribution in [3.63, 3.8) is 0 Å². The van der Waals surface area contributed by atoms with Crippen LogP contribution in [0.25, 0.3) is 0 Å². The number of fused-ring (bicyclic) bond motifs is 1. The summed E-state index contributed by atoms with van der Waals surface area (Å²) in [4.78, 5) is 67.4. The lowest BCUT2D eigenvalue weighted by atomic mass is 10.0. The van der Waals surface area contributed by atoms with Crippen LogP contribution in [0.5, 0.6) is 0 Å². The summed E-state index contributed by atoms with van der Waals surface area (Å²) in [5.41, 5.74) is -0.352. The standard InChI is InChI=1S/C19H17N3O7/c1-10-7-21(19(27)20-16(10)24)15-6-11(8-23)14(29-15)9-28-22-17(25)12-4-2-3-5-13(12)18(22)26/h2-5,7-8,11,14-15H,6,9H2,1H3,(H,20,24,27)/t11-,14-,15-/m1/s1. The van der Waals surface area contributed by atoms with E-state index >= 15 is 0 Å². The number of amides is 2. The fourth-order valence-electron chi connectivity index (χ4n) is 3.46. The Labute approximate surface area is 163 Å². The smallest absolute Gasteiger partial charge is 0.330 e. The van der Waals surface area contributed by atoms with Gasteiger partial charge in [0.15, 0.2) is 0 Å². The van der Waals surface area contributed by atoms with E-state index in [1.807, 2.05) is 0 Å². The van der Waals surface area contributed by atoms with Gasteiger partial charge in [0.25, 0.3) is 17.4 Å². The molecule has 4 rings (SSSR count). The first-order valence-corrected chi connectivity index (χ1v) is 8.94. The quantitative estimate of drug-likeness (QED) is 0.561. The molecule has 1 fully saturated rings. The SMILES string of the molecule is Cc1cn([C@H]2C[C@H](C=O)[C@@H](CON3C(=O)c4ccccc4C3=O)O2)c(=O)[nH]c1=O. The number of carbonyl (C=O) groups excluding carboxylic acids is 3. The van der Waals surface area contributed by atoms with Crippen molar-refractivity contribution in [3.8, 4) is 0 Å². The highest BCUT2D eigenvalue weighted by molar-refractivity contribution is 6.20. The normalized spacial score (nSPS) is 23.5. The number of aromatic amines is 1. The Balaban J connectivity index is 1.49. The second kappa shape index (κ2) is 7.22. The minimum atomic E-state index is -0.788. The molecule has 0 unspecified atom stereocenters. The Kier molecular flexibility index (Phi) is 4.73. The van der Waals surface area contributed by atoms with Crippen LogP contribution in [0.4, 0.5) is 0 Å². The number of aryl methyl sites for hydroxylation is 1. The molecule has 3 atom stereocenters. The van der Waals surface area contributed by atoms with Crippen molar-refractivity contribution >= 4 is 18.1 Å². The number of carbonyl (C=O) groups is 3. The molecule has 2 amide bonds. The molecule has 1 aromatic carbocycles. The highest BCUT2D eigenvalue weighted by Crippen LogP contribution is 2.32. The molecule has 10 nitrogen and oxygen atoms in total. The lowest BCUT2D eigenvalue weighted by Crippen LogP contribution is -2.35. The first-order valence-electron chi connectivity index (χ1n) is 8.94. The van der Waals surface area contributed by atoms with E-state index in [4.69, 9.17) is 9.57 Å². The second-order valence-corrected chi connectivity index (χ2v) is 6.89. The number of ether oxygens (including phenoxy) is 1. The third-order valence-electron chi connectivity index (χ3n) is 5.04. The van der Waals surface area contributed by atoms with E-state index in [9.17, 15) is 24.0 Å². The first-order chi connectivity index (χ1) is 13.9. The average Bonchev–Trinajstić information content (AvgIpc) is 3.23. The van der Waals surface area contributed by atoms with Crippen molar-refractivity contribution in [2.75, 3.05) is 6.61 Å². The molecule has 2 aliphatic rings. The number of aromatic nitrogens is 2. The molecular formula is C19H17N3O7. The third-order valence-corrected chi connectivity index (χ3v) is 5.04. The summed E-state index contributed by atoms with van der Waals surface area (Å²) in [6, 6.07) is 6.34. The van der Waals surface area contributed by atoms with Crippen LogP contribution in [0.2, 0.25) is 0 Å². The van der Waals surface area contributed by atoms with E-state index in [1.165, 1.54) is 22.9 Å². The highest BCUT2D eigenvalue weighted by Gasteiger charge is 2.40. The summed E-state index contributed by atoms with van der Waals surface area (Å²) >= 11 is 0. The van der Waals surface area contributed by atoms with Gasteiger partial charge in [0, 0.05) is 24.1 Å². The van der Waals surface area contributed by atoms with Crippen molar-refractivity contribution < 1.29 is 24.0 Å². The highest BCUT2D eigenvalue weighted by atomic mass is 16.7. The molecule has 2 aromatic rings. The summed E-state index contributed by atoms with van der Waals surface area (Å²) in [5, 5.41) is 0.652. The summed E-state index contributed by atoms with van der Waals surface area (Å²) in [7, 11) is 0. The number of hydrogen-bond acceptors (Lipinski definition) is 7. The Morgan fingerprint density at radius 3 is 2.45 bits per heavy atom. The molecule has 10 heteroatoms. The van der Waals surface area contributed by atoms with E-state index in [0.29, 0.717) is 16.9 Å². The Bertz CT molecular complexity index is 1080. The molecule has 3 heterocycles. The van der Waals surface area contributed by atoms with Gasteiger partial charge in [-0.1, -0.05) is 12.1 Å². The van der Waals surface area contributed by atoms with Gasteiger partial charge in [-0.3, -0.25) is 28.8 Å². The molecule has 0 bridgehead atoms. The number of benzene rings is 1. The summed E-state index contributed by atoms with van der Waals surface area (Å²) in [6.07, 6.45) is 0.663. The van der Waals surface area contributed by atoms with Gasteiger partial charge in [0.2, 0.25) is 0 Å². The van der Waals surface area contributed by atoms with Crippen LogP contribution >= 0.6 is 0 Å². The van der Waals surface area contributed by atoms with Crippen LogP contribution in [0, 0.1) is 12.8 Å². The van der Waals surface area contributed by atoms with E-state index in [1.54, 1.807) is 19.1 Å². The van der Waals surface area contributed by atoms with Crippen molar-refractivity contribution in [1.29, 1.82) is 0 Å². The maximum Gasteiger partial charge on any atom is 0.330 e. The van der Waals surface area contributed by atoms with Crippen molar-refractivity contribution in [2.45, 2.75) is 25.7 Å². The Morgan fingerprint density at radius 1 is 1.17 bits per heavy atom. The van der Waals surface area contributed by atoms with Gasteiger partial charge in [0.1, 0.15) is 19.1 Å². The molecule has 2 aliphatic heterocycles. The number of nitrogens with one attached hydrogen (secondary N) is 1. The fourth-order valence-corrected chi connectivity index (χ4v) is 3.46. The Morgan fingerprint density at radius 2 is 1.83 bits per heavy atom. The molecule has 0 radical (unpaired) electrons. The van der Waals surface area contributed by atoms with Crippen LogP contribution in [0.1, 0.15) is 38.9 Å². The van der Waals surface area contributed by atoms with Crippen LogP contribution in [-0.4, -0.2) is 45.4 Å². The maximum absolute atomic E-state index is 12.4. The number of imide groups is 1. The summed E-state index contributed by atoms with van der Waals surface area (Å²) < 4.78 is 6.97. The minimum Gasteiger partial charge on any atom is -0.351 e. The van der Waals surface area contributed by atoms with Crippen LogP contribution in [0.3, 0.4) is 0 Å². The number of H-pyrrole nitrogens is 1. The van der Waals surface area contributed by atoms with E-state index in [-0.39, 0.29) is 24.2 Å². The number of hydroxylamine groups is 2. The molecule has 1 aromatic heterocycles. The van der Waals surface area contributed by atoms with Crippen molar-refractivity contribution in [2.24, 2.45) is 5.92 Å². The topological polar surface area (TPSA) is 128 Å². The zero-order valence-corrected chi connectivity index (χ0v) is 15.4. The van der Waals surface area contributed by atoms with Gasteiger partial charge >= 0.3 is 5.69 Å². The molecular weight excluding hydrogens is 382 g/mol. The van der Waals surface area contributed by atoms with Crippen molar-refractivity contribution in [1.82, 2.24) is 14.6 Å². The molecule has 0 aliphatic carbocycles. The second-order valence-electron chi connectivity index (χ2n) is 6.89. The molecule has 0 spiro atoms. The number of aldehydes is 1. The maximum atomic E-state index is 12.4.